The van der Waals surface area contributed by atoms with Gasteiger partial charge in [-0.2, -0.15) is 0 Å². The van der Waals surface area contributed by atoms with Crippen LogP contribution in [0.25, 0.3) is 11.0 Å². The van der Waals surface area contributed by atoms with Gasteiger partial charge in [-0.25, -0.2) is 4.98 Å². The number of imidazole rings is 1. The van der Waals surface area contributed by atoms with Gasteiger partial charge in [0.15, 0.2) is 6.29 Å². The summed E-state index contributed by atoms with van der Waals surface area (Å²) in [5.41, 5.74) is 4.54. The van der Waals surface area contributed by atoms with Gasteiger partial charge in [0.05, 0.1) is 11.0 Å². The molecule has 0 unspecified atom stereocenters. The van der Waals surface area contributed by atoms with Crippen LogP contribution in [-0.2, 0) is 0 Å². The molecule has 0 aliphatic heterocycles. The van der Waals surface area contributed by atoms with Gasteiger partial charge >= 0.3 is 0 Å². The molecular formula is C11H12N2O. The normalized spacial score (nSPS) is 10.8. The van der Waals surface area contributed by atoms with Gasteiger partial charge in [-0.1, -0.05) is 0 Å². The van der Waals surface area contributed by atoms with Gasteiger partial charge < -0.3 is 4.98 Å². The summed E-state index contributed by atoms with van der Waals surface area (Å²) < 4.78 is 0. The monoisotopic (exact) mass is 188 g/mol. The molecule has 3 heteroatoms. The zero-order valence-corrected chi connectivity index (χ0v) is 8.51. The number of fused-ring (bicyclic) bond motifs is 1. The Morgan fingerprint density at radius 1 is 1.36 bits per heavy atom. The SMILES string of the molecule is Cc1nc2c(C=O)c(C)c(C)cc2[nH]1. The number of hydrogen-bond acceptors (Lipinski definition) is 2. The van der Waals surface area contributed by atoms with Crippen molar-refractivity contribution in [2.45, 2.75) is 20.8 Å². The molecular weight excluding hydrogens is 176 g/mol. The molecule has 0 radical (unpaired) electrons. The number of aromatic nitrogens is 2. The molecule has 14 heavy (non-hydrogen) atoms. The molecule has 0 spiro atoms. The minimum absolute atomic E-state index is 0.698. The summed E-state index contributed by atoms with van der Waals surface area (Å²) in [6.45, 7) is 5.83. The Morgan fingerprint density at radius 2 is 2.07 bits per heavy atom. The molecule has 1 aromatic heterocycles. The maximum Gasteiger partial charge on any atom is 0.152 e. The van der Waals surface area contributed by atoms with Crippen LogP contribution in [-0.4, -0.2) is 16.3 Å². The summed E-state index contributed by atoms with van der Waals surface area (Å²) in [5, 5.41) is 0. The molecule has 0 aliphatic carbocycles. The quantitative estimate of drug-likeness (QED) is 0.698. The number of benzene rings is 1. The zero-order chi connectivity index (χ0) is 10.3. The van der Waals surface area contributed by atoms with Crippen molar-refractivity contribution >= 4 is 17.3 Å². The Balaban J connectivity index is 2.94. The van der Waals surface area contributed by atoms with E-state index in [4.69, 9.17) is 0 Å². The number of carbonyl (C=O) groups excluding carboxylic acids is 1. The lowest BCUT2D eigenvalue weighted by Gasteiger charge is -2.03. The molecule has 0 fully saturated rings. The predicted molar refractivity (Wildman–Crippen MR) is 55.7 cm³/mol. The number of H-pyrrole nitrogens is 1. The highest BCUT2D eigenvalue weighted by Crippen LogP contribution is 2.21. The van der Waals surface area contributed by atoms with E-state index in [0.717, 1.165) is 34.3 Å². The maximum atomic E-state index is 10.9. The van der Waals surface area contributed by atoms with Crippen molar-refractivity contribution in [2.24, 2.45) is 0 Å². The molecule has 0 saturated heterocycles. The lowest BCUT2D eigenvalue weighted by Crippen LogP contribution is -1.92. The summed E-state index contributed by atoms with van der Waals surface area (Å²) in [4.78, 5) is 18.4. The van der Waals surface area contributed by atoms with Crippen LogP contribution in [0.15, 0.2) is 6.07 Å². The number of carbonyl (C=O) groups is 1. The van der Waals surface area contributed by atoms with Crippen molar-refractivity contribution in [3.63, 3.8) is 0 Å². The minimum Gasteiger partial charge on any atom is -0.342 e. The molecule has 0 bridgehead atoms. The minimum atomic E-state index is 0.698. The molecule has 0 amide bonds. The Hall–Kier alpha value is -1.64. The van der Waals surface area contributed by atoms with Gasteiger partial charge in [0.25, 0.3) is 0 Å². The first-order chi connectivity index (χ1) is 6.63. The molecule has 3 nitrogen and oxygen atoms in total. The van der Waals surface area contributed by atoms with Crippen molar-refractivity contribution in [3.8, 4) is 0 Å². The highest BCUT2D eigenvalue weighted by Gasteiger charge is 2.09. The highest BCUT2D eigenvalue weighted by atomic mass is 16.1. The van der Waals surface area contributed by atoms with E-state index in [9.17, 15) is 4.79 Å². The standard InChI is InChI=1S/C11H12N2O/c1-6-4-10-11(13-8(3)12-10)9(5-14)7(6)2/h4-5H,1-3H3,(H,12,13). The summed E-state index contributed by atoms with van der Waals surface area (Å²) in [7, 11) is 0. The molecule has 72 valence electrons. The van der Waals surface area contributed by atoms with Crippen LogP contribution in [0.2, 0.25) is 0 Å². The topological polar surface area (TPSA) is 45.8 Å². The number of nitrogens with one attached hydrogen (secondary N) is 1. The van der Waals surface area contributed by atoms with Gasteiger partial charge in [-0.3, -0.25) is 4.79 Å². The van der Waals surface area contributed by atoms with E-state index in [1.807, 2.05) is 26.8 Å². The second-order valence-corrected chi connectivity index (χ2v) is 3.57. The molecule has 0 aliphatic rings. The van der Waals surface area contributed by atoms with Crippen LogP contribution in [0, 0.1) is 20.8 Å². The lowest BCUT2D eigenvalue weighted by atomic mass is 10.0. The van der Waals surface area contributed by atoms with Crippen LogP contribution in [0.5, 0.6) is 0 Å². The van der Waals surface area contributed by atoms with Crippen molar-refractivity contribution in [3.05, 3.63) is 28.6 Å². The second kappa shape index (κ2) is 2.94. The van der Waals surface area contributed by atoms with Gasteiger partial charge in [0, 0.05) is 5.56 Å². The van der Waals surface area contributed by atoms with E-state index >= 15 is 0 Å². The molecule has 2 aromatic rings. The fourth-order valence-electron chi connectivity index (χ4n) is 1.68. The van der Waals surface area contributed by atoms with E-state index in [0.29, 0.717) is 5.56 Å². The maximum absolute atomic E-state index is 10.9. The third-order valence-electron chi connectivity index (χ3n) is 2.58. The first kappa shape index (κ1) is 8.94. The van der Waals surface area contributed by atoms with Gasteiger partial charge in [0.2, 0.25) is 0 Å². The van der Waals surface area contributed by atoms with E-state index in [1.54, 1.807) is 0 Å². The highest BCUT2D eigenvalue weighted by molar-refractivity contribution is 5.96. The van der Waals surface area contributed by atoms with Gasteiger partial charge in [-0.15, -0.1) is 0 Å². The van der Waals surface area contributed by atoms with Gasteiger partial charge in [0.1, 0.15) is 5.82 Å². The van der Waals surface area contributed by atoms with E-state index in [1.165, 1.54) is 0 Å². The number of rotatable bonds is 1. The summed E-state index contributed by atoms with van der Waals surface area (Å²) in [6, 6.07) is 2.03. The Labute approximate surface area is 82.2 Å². The molecule has 1 N–H and O–H groups in total. The van der Waals surface area contributed by atoms with Crippen molar-refractivity contribution in [1.82, 2.24) is 9.97 Å². The third-order valence-corrected chi connectivity index (χ3v) is 2.58. The summed E-state index contributed by atoms with van der Waals surface area (Å²) in [6.07, 6.45) is 0.880. The van der Waals surface area contributed by atoms with E-state index in [2.05, 4.69) is 9.97 Å². The first-order valence-electron chi connectivity index (χ1n) is 4.55. The average molecular weight is 188 g/mol. The summed E-state index contributed by atoms with van der Waals surface area (Å²) >= 11 is 0. The van der Waals surface area contributed by atoms with E-state index in [-0.39, 0.29) is 0 Å². The first-order valence-corrected chi connectivity index (χ1v) is 4.55. The Kier molecular flexibility index (Phi) is 1.88. The fraction of sp³-hybridized carbons (Fsp3) is 0.273. The smallest absolute Gasteiger partial charge is 0.152 e. The average Bonchev–Trinajstić information content (AvgIpc) is 2.47. The number of aldehydes is 1. The molecule has 0 atom stereocenters. The fourth-order valence-corrected chi connectivity index (χ4v) is 1.68. The number of aryl methyl sites for hydroxylation is 2. The number of aromatic amines is 1. The number of hydrogen-bond donors (Lipinski definition) is 1. The van der Waals surface area contributed by atoms with Crippen LogP contribution in [0.1, 0.15) is 27.3 Å². The largest absolute Gasteiger partial charge is 0.342 e. The van der Waals surface area contributed by atoms with Gasteiger partial charge in [-0.05, 0) is 38.0 Å². The van der Waals surface area contributed by atoms with E-state index < -0.39 is 0 Å². The lowest BCUT2D eigenvalue weighted by molar-refractivity contribution is 0.112. The van der Waals surface area contributed by atoms with Crippen LogP contribution in [0.3, 0.4) is 0 Å². The Bertz CT molecular complexity index is 511. The molecule has 2 rings (SSSR count). The molecule has 0 saturated carbocycles. The molecule has 1 aromatic carbocycles. The third kappa shape index (κ3) is 1.13. The Morgan fingerprint density at radius 3 is 2.71 bits per heavy atom. The number of nitrogens with zero attached hydrogens (tertiary/aromatic N) is 1. The van der Waals surface area contributed by atoms with Crippen LogP contribution < -0.4 is 0 Å². The predicted octanol–water partition coefficient (Wildman–Crippen LogP) is 2.30. The van der Waals surface area contributed by atoms with Crippen molar-refractivity contribution < 1.29 is 4.79 Å². The second-order valence-electron chi connectivity index (χ2n) is 3.57. The van der Waals surface area contributed by atoms with Crippen LogP contribution >= 0.6 is 0 Å². The zero-order valence-electron chi connectivity index (χ0n) is 8.51. The van der Waals surface area contributed by atoms with Crippen LogP contribution in [0.4, 0.5) is 0 Å². The summed E-state index contributed by atoms with van der Waals surface area (Å²) in [5.74, 6) is 0.841. The van der Waals surface area contributed by atoms with Crippen molar-refractivity contribution in [2.75, 3.05) is 0 Å². The van der Waals surface area contributed by atoms with Crippen molar-refractivity contribution in [1.29, 1.82) is 0 Å². The molecule has 1 heterocycles.